The van der Waals surface area contributed by atoms with Gasteiger partial charge in [0.1, 0.15) is 0 Å². The first-order valence-electron chi connectivity index (χ1n) is 7.58. The molecule has 0 fully saturated rings. The zero-order chi connectivity index (χ0) is 16.7. The van der Waals surface area contributed by atoms with Crippen LogP contribution in [0, 0.1) is 0 Å². The van der Waals surface area contributed by atoms with Gasteiger partial charge in [-0.25, -0.2) is 0 Å². The normalized spacial score (nSPS) is 12.0. The molecule has 2 rings (SSSR count). The van der Waals surface area contributed by atoms with E-state index in [0.717, 1.165) is 11.3 Å². The predicted molar refractivity (Wildman–Crippen MR) is 93.9 cm³/mol. The van der Waals surface area contributed by atoms with Crippen LogP contribution in [-0.4, -0.2) is 23.7 Å². The Hall–Kier alpha value is -1.88. The molecule has 0 spiro atoms. The summed E-state index contributed by atoms with van der Waals surface area (Å²) in [7, 11) is 0. The second-order valence-electron chi connectivity index (χ2n) is 5.46. The monoisotopic (exact) mass is 332 g/mol. The highest BCUT2D eigenvalue weighted by molar-refractivity contribution is 6.30. The first kappa shape index (κ1) is 17.5. The highest BCUT2D eigenvalue weighted by Gasteiger charge is 2.07. The number of halogens is 1. The van der Waals surface area contributed by atoms with Crippen molar-refractivity contribution in [2.75, 3.05) is 11.9 Å². The van der Waals surface area contributed by atoms with Crippen molar-refractivity contribution in [3.63, 3.8) is 0 Å². The van der Waals surface area contributed by atoms with E-state index in [4.69, 9.17) is 16.7 Å². The molecule has 0 saturated carbocycles. The second-order valence-corrected chi connectivity index (χ2v) is 5.89. The summed E-state index contributed by atoms with van der Waals surface area (Å²) in [4.78, 5) is 12.2. The molecule has 0 bridgehead atoms. The summed E-state index contributed by atoms with van der Waals surface area (Å²) in [5.41, 5.74) is 2.39. The quantitative estimate of drug-likeness (QED) is 0.727. The maximum Gasteiger partial charge on any atom is 0.255 e. The van der Waals surface area contributed by atoms with Gasteiger partial charge in [-0.2, -0.15) is 0 Å². The molecule has 23 heavy (non-hydrogen) atoms. The third-order valence-corrected chi connectivity index (χ3v) is 3.76. The maximum absolute atomic E-state index is 12.2. The Morgan fingerprint density at radius 3 is 2.65 bits per heavy atom. The Labute approximate surface area is 141 Å². The van der Waals surface area contributed by atoms with Gasteiger partial charge >= 0.3 is 0 Å². The number of rotatable bonds is 7. The zero-order valence-electron chi connectivity index (χ0n) is 13.1. The Kier molecular flexibility index (Phi) is 6.59. The summed E-state index contributed by atoms with van der Waals surface area (Å²) in [5.74, 6) is -0.166. The van der Waals surface area contributed by atoms with Crippen molar-refractivity contribution in [3.05, 3.63) is 64.7 Å². The van der Waals surface area contributed by atoms with Gasteiger partial charge in [-0.05, 0) is 55.3 Å². The topological polar surface area (TPSA) is 61.4 Å². The summed E-state index contributed by atoms with van der Waals surface area (Å²) < 4.78 is 0. The SMILES string of the molecule is C[C@H](CCO)NCc1cccc(NC(=O)c2ccc(Cl)cc2)c1. The van der Waals surface area contributed by atoms with Gasteiger partial charge < -0.3 is 15.7 Å². The number of carbonyl (C=O) groups excluding carboxylic acids is 1. The molecule has 2 aromatic carbocycles. The lowest BCUT2D eigenvalue weighted by Crippen LogP contribution is -2.26. The molecule has 1 atom stereocenters. The Balaban J connectivity index is 1.96. The van der Waals surface area contributed by atoms with Crippen molar-refractivity contribution in [3.8, 4) is 0 Å². The molecule has 0 heterocycles. The first-order chi connectivity index (χ1) is 11.1. The van der Waals surface area contributed by atoms with Crippen LogP contribution in [0.25, 0.3) is 0 Å². The summed E-state index contributed by atoms with van der Waals surface area (Å²) in [6, 6.07) is 14.7. The molecule has 0 unspecified atom stereocenters. The van der Waals surface area contributed by atoms with E-state index < -0.39 is 0 Å². The summed E-state index contributed by atoms with van der Waals surface area (Å²) in [6.45, 7) is 2.89. The molecule has 0 aliphatic heterocycles. The molecular formula is C18H21ClN2O2. The average molecular weight is 333 g/mol. The van der Waals surface area contributed by atoms with Crippen LogP contribution in [0.15, 0.2) is 48.5 Å². The number of aliphatic hydroxyl groups excluding tert-OH is 1. The van der Waals surface area contributed by atoms with Gasteiger partial charge in [0, 0.05) is 35.5 Å². The molecule has 0 aliphatic rings. The summed E-state index contributed by atoms with van der Waals surface area (Å²) in [6.07, 6.45) is 0.715. The molecule has 2 aromatic rings. The summed E-state index contributed by atoms with van der Waals surface area (Å²) in [5, 5.41) is 15.7. The lowest BCUT2D eigenvalue weighted by Gasteiger charge is -2.13. The highest BCUT2D eigenvalue weighted by atomic mass is 35.5. The number of amides is 1. The van der Waals surface area contributed by atoms with Crippen molar-refractivity contribution >= 4 is 23.2 Å². The minimum atomic E-state index is -0.166. The van der Waals surface area contributed by atoms with Crippen LogP contribution in [0.3, 0.4) is 0 Å². The average Bonchev–Trinajstić information content (AvgIpc) is 2.54. The van der Waals surface area contributed by atoms with E-state index in [0.29, 0.717) is 23.6 Å². The van der Waals surface area contributed by atoms with Crippen LogP contribution in [0.5, 0.6) is 0 Å². The molecule has 0 aromatic heterocycles. The molecule has 0 saturated heterocycles. The molecular weight excluding hydrogens is 312 g/mol. The third kappa shape index (κ3) is 5.67. The Morgan fingerprint density at radius 1 is 1.22 bits per heavy atom. The van der Waals surface area contributed by atoms with Crippen LogP contribution in [0.1, 0.15) is 29.3 Å². The molecule has 3 N–H and O–H groups in total. The number of hydrogen-bond acceptors (Lipinski definition) is 3. The van der Waals surface area contributed by atoms with Gasteiger partial charge in [0.15, 0.2) is 0 Å². The van der Waals surface area contributed by atoms with Crippen molar-refractivity contribution in [2.24, 2.45) is 0 Å². The van der Waals surface area contributed by atoms with E-state index in [-0.39, 0.29) is 18.6 Å². The Morgan fingerprint density at radius 2 is 1.96 bits per heavy atom. The standard InChI is InChI=1S/C18H21ClN2O2/c1-13(9-10-22)20-12-14-3-2-4-17(11-14)21-18(23)15-5-7-16(19)8-6-15/h2-8,11,13,20,22H,9-10,12H2,1H3,(H,21,23)/t13-/m1/s1. The number of hydrogen-bond donors (Lipinski definition) is 3. The zero-order valence-corrected chi connectivity index (χ0v) is 13.8. The van der Waals surface area contributed by atoms with Crippen LogP contribution in [0.2, 0.25) is 5.02 Å². The van der Waals surface area contributed by atoms with E-state index in [1.54, 1.807) is 24.3 Å². The van der Waals surface area contributed by atoms with Gasteiger partial charge in [-0.15, -0.1) is 0 Å². The third-order valence-electron chi connectivity index (χ3n) is 3.51. The van der Waals surface area contributed by atoms with Crippen LogP contribution in [0.4, 0.5) is 5.69 Å². The van der Waals surface area contributed by atoms with Gasteiger partial charge in [0.25, 0.3) is 5.91 Å². The lowest BCUT2D eigenvalue weighted by molar-refractivity contribution is 0.102. The molecule has 1 amide bonds. The maximum atomic E-state index is 12.2. The van der Waals surface area contributed by atoms with Crippen LogP contribution < -0.4 is 10.6 Å². The van der Waals surface area contributed by atoms with E-state index in [9.17, 15) is 4.79 Å². The van der Waals surface area contributed by atoms with Crippen molar-refractivity contribution in [1.29, 1.82) is 0 Å². The number of benzene rings is 2. The van der Waals surface area contributed by atoms with Gasteiger partial charge in [-0.1, -0.05) is 23.7 Å². The first-order valence-corrected chi connectivity index (χ1v) is 7.96. The largest absolute Gasteiger partial charge is 0.396 e. The molecule has 4 nitrogen and oxygen atoms in total. The second kappa shape index (κ2) is 8.67. The lowest BCUT2D eigenvalue weighted by atomic mass is 10.1. The number of aliphatic hydroxyl groups is 1. The van der Waals surface area contributed by atoms with Crippen molar-refractivity contribution in [1.82, 2.24) is 5.32 Å². The fourth-order valence-corrected chi connectivity index (χ4v) is 2.28. The fourth-order valence-electron chi connectivity index (χ4n) is 2.15. The number of nitrogens with one attached hydrogen (secondary N) is 2. The van der Waals surface area contributed by atoms with E-state index in [2.05, 4.69) is 10.6 Å². The van der Waals surface area contributed by atoms with Crippen LogP contribution >= 0.6 is 11.6 Å². The van der Waals surface area contributed by atoms with E-state index >= 15 is 0 Å². The predicted octanol–water partition coefficient (Wildman–Crippen LogP) is 3.45. The van der Waals surface area contributed by atoms with Gasteiger partial charge in [-0.3, -0.25) is 4.79 Å². The Bertz CT molecular complexity index is 644. The van der Waals surface area contributed by atoms with E-state index in [1.165, 1.54) is 0 Å². The van der Waals surface area contributed by atoms with Gasteiger partial charge in [0.05, 0.1) is 0 Å². The highest BCUT2D eigenvalue weighted by Crippen LogP contribution is 2.14. The van der Waals surface area contributed by atoms with Crippen LogP contribution in [-0.2, 0) is 6.54 Å². The molecule has 0 radical (unpaired) electrons. The molecule has 5 heteroatoms. The minimum Gasteiger partial charge on any atom is -0.396 e. The van der Waals surface area contributed by atoms with Gasteiger partial charge in [0.2, 0.25) is 0 Å². The molecule has 0 aliphatic carbocycles. The molecule has 122 valence electrons. The van der Waals surface area contributed by atoms with Crippen molar-refractivity contribution < 1.29 is 9.90 Å². The number of anilines is 1. The van der Waals surface area contributed by atoms with E-state index in [1.807, 2.05) is 31.2 Å². The van der Waals surface area contributed by atoms with Crippen molar-refractivity contribution in [2.45, 2.75) is 25.9 Å². The fraction of sp³-hybridized carbons (Fsp3) is 0.278. The minimum absolute atomic E-state index is 0.166. The summed E-state index contributed by atoms with van der Waals surface area (Å²) >= 11 is 5.83. The smallest absolute Gasteiger partial charge is 0.255 e. The number of carbonyl (C=O) groups is 1.